The molecule has 1 aromatic rings. The van der Waals surface area contributed by atoms with Crippen LogP contribution in [0.15, 0.2) is 36.4 Å². The average molecular weight is 274 g/mol. The zero-order valence-corrected chi connectivity index (χ0v) is 12.1. The predicted molar refractivity (Wildman–Crippen MR) is 75.9 cm³/mol. The molecule has 1 rings (SSSR count). The molecule has 0 unspecified atom stereocenters. The molecule has 1 aromatic carbocycles. The lowest BCUT2D eigenvalue weighted by molar-refractivity contribution is -0.297. The van der Waals surface area contributed by atoms with Crippen LogP contribution in [-0.2, 0) is 9.59 Å². The fourth-order valence-electron chi connectivity index (χ4n) is 1.84. The first kappa shape index (κ1) is 16.0. The van der Waals surface area contributed by atoms with Crippen molar-refractivity contribution in [2.45, 2.75) is 39.2 Å². The van der Waals surface area contributed by atoms with Crippen LogP contribution >= 0.6 is 0 Å². The summed E-state index contributed by atoms with van der Waals surface area (Å²) in [6.45, 7) is 6.17. The second-order valence-electron chi connectivity index (χ2n) is 4.86. The molecule has 0 saturated heterocycles. The van der Waals surface area contributed by atoms with E-state index in [1.54, 1.807) is 0 Å². The van der Waals surface area contributed by atoms with Gasteiger partial charge in [-0.2, -0.15) is 0 Å². The smallest absolute Gasteiger partial charge is 0.244 e. The minimum absolute atomic E-state index is 0.181. The Bertz CT molecular complexity index is 491. The van der Waals surface area contributed by atoms with Gasteiger partial charge in [-0.1, -0.05) is 38.1 Å². The number of aliphatic carboxylic acids is 1. The van der Waals surface area contributed by atoms with Crippen LogP contribution in [0.1, 0.15) is 50.3 Å². The topological polar surface area (TPSA) is 69.2 Å². The molecular formula is C16H20NO3-. The highest BCUT2D eigenvalue weighted by molar-refractivity contribution is 5.93. The Hall–Kier alpha value is -2.10. The summed E-state index contributed by atoms with van der Waals surface area (Å²) in [7, 11) is 0. The van der Waals surface area contributed by atoms with Gasteiger partial charge in [-0.05, 0) is 36.5 Å². The third-order valence-electron chi connectivity index (χ3n) is 3.35. The molecule has 0 radical (unpaired) electrons. The van der Waals surface area contributed by atoms with E-state index < -0.39 is 11.9 Å². The molecule has 0 saturated carbocycles. The third-order valence-corrected chi connectivity index (χ3v) is 3.35. The number of carbonyl (C=O) groups is 2. The Balaban J connectivity index is 2.66. The highest BCUT2D eigenvalue weighted by Crippen LogP contribution is 2.21. The highest BCUT2D eigenvalue weighted by Gasteiger charge is 2.08. The van der Waals surface area contributed by atoms with Gasteiger partial charge in [0, 0.05) is 6.08 Å². The molecule has 0 aromatic heterocycles. The van der Waals surface area contributed by atoms with Crippen LogP contribution in [0.25, 0.3) is 0 Å². The van der Waals surface area contributed by atoms with Crippen LogP contribution in [0, 0.1) is 0 Å². The van der Waals surface area contributed by atoms with Crippen LogP contribution in [0.2, 0.25) is 0 Å². The summed E-state index contributed by atoms with van der Waals surface area (Å²) in [6.07, 6.45) is 2.76. The number of hydrogen-bond acceptors (Lipinski definition) is 3. The lowest BCUT2D eigenvalue weighted by Crippen LogP contribution is -2.26. The van der Waals surface area contributed by atoms with E-state index in [-0.39, 0.29) is 6.04 Å². The molecule has 0 aliphatic carbocycles. The zero-order valence-electron chi connectivity index (χ0n) is 12.1. The van der Waals surface area contributed by atoms with Crippen molar-refractivity contribution >= 4 is 11.9 Å². The Morgan fingerprint density at radius 2 is 1.70 bits per heavy atom. The van der Waals surface area contributed by atoms with Gasteiger partial charge in [-0.25, -0.2) is 0 Å². The van der Waals surface area contributed by atoms with Gasteiger partial charge in [0.05, 0.1) is 12.0 Å². The monoisotopic (exact) mass is 274 g/mol. The van der Waals surface area contributed by atoms with E-state index in [0.717, 1.165) is 18.1 Å². The van der Waals surface area contributed by atoms with Crippen LogP contribution < -0.4 is 10.4 Å². The van der Waals surface area contributed by atoms with Gasteiger partial charge in [0.25, 0.3) is 0 Å². The second-order valence-corrected chi connectivity index (χ2v) is 4.86. The Morgan fingerprint density at radius 3 is 2.20 bits per heavy atom. The van der Waals surface area contributed by atoms with Gasteiger partial charge in [0.15, 0.2) is 0 Å². The molecule has 4 heteroatoms. The van der Waals surface area contributed by atoms with Crippen molar-refractivity contribution in [2.24, 2.45) is 0 Å². The quantitative estimate of drug-likeness (QED) is 0.802. The van der Waals surface area contributed by atoms with E-state index in [1.807, 2.05) is 19.1 Å². The lowest BCUT2D eigenvalue weighted by atomic mass is 9.96. The molecule has 1 amide bonds. The molecule has 0 aliphatic rings. The zero-order chi connectivity index (χ0) is 15.1. The van der Waals surface area contributed by atoms with Crippen LogP contribution in [0.4, 0.5) is 0 Å². The number of nitrogens with one attached hydrogen (secondary N) is 1. The first-order chi connectivity index (χ1) is 9.43. The highest BCUT2D eigenvalue weighted by atomic mass is 16.4. The number of rotatable bonds is 6. The Morgan fingerprint density at radius 1 is 1.15 bits per heavy atom. The standard InChI is InChI=1S/C16H21NO3/c1-4-11(2)13-5-7-14(8-6-13)12(3)17-15(18)9-10-16(19)20/h5-12H,4H2,1-3H3,(H,17,18)(H,19,20)/p-1/t11-,12+/m0/s1. The number of hydrogen-bond donors (Lipinski definition) is 1. The van der Waals surface area contributed by atoms with E-state index >= 15 is 0 Å². The lowest BCUT2D eigenvalue weighted by Gasteiger charge is -2.15. The van der Waals surface area contributed by atoms with Gasteiger partial charge >= 0.3 is 0 Å². The van der Waals surface area contributed by atoms with E-state index in [2.05, 4.69) is 31.3 Å². The van der Waals surface area contributed by atoms with Gasteiger partial charge in [0.1, 0.15) is 0 Å². The first-order valence-electron chi connectivity index (χ1n) is 6.73. The van der Waals surface area contributed by atoms with Crippen molar-refractivity contribution in [3.8, 4) is 0 Å². The molecule has 0 fully saturated rings. The molecule has 1 N–H and O–H groups in total. The van der Waals surface area contributed by atoms with Crippen LogP contribution in [-0.4, -0.2) is 11.9 Å². The maximum absolute atomic E-state index is 11.5. The van der Waals surface area contributed by atoms with Crippen molar-refractivity contribution in [1.29, 1.82) is 0 Å². The molecule has 0 aliphatic heterocycles. The molecule has 0 heterocycles. The molecule has 108 valence electrons. The maximum Gasteiger partial charge on any atom is 0.244 e. The molecular weight excluding hydrogens is 254 g/mol. The molecule has 0 bridgehead atoms. The van der Waals surface area contributed by atoms with Gasteiger partial charge in [-0.15, -0.1) is 0 Å². The number of carboxylic acid groups (broad SMARTS) is 1. The minimum Gasteiger partial charge on any atom is -0.545 e. The normalized spacial score (nSPS) is 13.9. The number of carbonyl (C=O) groups excluding carboxylic acids is 2. The van der Waals surface area contributed by atoms with E-state index in [0.29, 0.717) is 12.0 Å². The summed E-state index contributed by atoms with van der Waals surface area (Å²) >= 11 is 0. The van der Waals surface area contributed by atoms with E-state index in [1.165, 1.54) is 5.56 Å². The molecule has 4 nitrogen and oxygen atoms in total. The number of carboxylic acids is 1. The summed E-state index contributed by atoms with van der Waals surface area (Å²) in [5.74, 6) is -1.32. The average Bonchev–Trinajstić information content (AvgIpc) is 2.44. The molecule has 20 heavy (non-hydrogen) atoms. The SMILES string of the molecule is CC[C@H](C)c1ccc([C@@H](C)NC(=O)C=CC(=O)[O-])cc1. The fraction of sp³-hybridized carbons (Fsp3) is 0.375. The minimum atomic E-state index is -1.38. The van der Waals surface area contributed by atoms with E-state index in [9.17, 15) is 14.7 Å². The second kappa shape index (κ2) is 7.48. The summed E-state index contributed by atoms with van der Waals surface area (Å²) in [4.78, 5) is 21.7. The Kier molecular flexibility index (Phi) is 5.97. The van der Waals surface area contributed by atoms with Crippen molar-refractivity contribution in [2.75, 3.05) is 0 Å². The summed E-state index contributed by atoms with van der Waals surface area (Å²) in [5, 5.41) is 12.9. The first-order valence-corrected chi connectivity index (χ1v) is 6.73. The number of amides is 1. The fourth-order valence-corrected chi connectivity index (χ4v) is 1.84. The van der Waals surface area contributed by atoms with E-state index in [4.69, 9.17) is 0 Å². The van der Waals surface area contributed by atoms with Gasteiger partial charge < -0.3 is 15.2 Å². The van der Waals surface area contributed by atoms with Crippen molar-refractivity contribution < 1.29 is 14.7 Å². The summed E-state index contributed by atoms with van der Waals surface area (Å²) in [5.41, 5.74) is 2.25. The van der Waals surface area contributed by atoms with Crippen molar-refractivity contribution in [1.82, 2.24) is 5.32 Å². The van der Waals surface area contributed by atoms with Crippen LogP contribution in [0.3, 0.4) is 0 Å². The van der Waals surface area contributed by atoms with Crippen molar-refractivity contribution in [3.05, 3.63) is 47.5 Å². The Labute approximate surface area is 119 Å². The maximum atomic E-state index is 11.5. The van der Waals surface area contributed by atoms with Crippen molar-refractivity contribution in [3.63, 3.8) is 0 Å². The third kappa shape index (κ3) is 4.88. The largest absolute Gasteiger partial charge is 0.545 e. The molecule has 2 atom stereocenters. The van der Waals surface area contributed by atoms with Gasteiger partial charge in [-0.3, -0.25) is 4.79 Å². The predicted octanol–water partition coefficient (Wildman–Crippen LogP) is 1.68. The van der Waals surface area contributed by atoms with Gasteiger partial charge in [0.2, 0.25) is 5.91 Å². The molecule has 0 spiro atoms. The van der Waals surface area contributed by atoms with Crippen LogP contribution in [0.5, 0.6) is 0 Å². The summed E-state index contributed by atoms with van der Waals surface area (Å²) in [6, 6.07) is 7.90. The summed E-state index contributed by atoms with van der Waals surface area (Å²) < 4.78 is 0. The number of benzene rings is 1.